The number of carboxylic acid groups (broad SMARTS) is 1. The van der Waals surface area contributed by atoms with E-state index in [2.05, 4.69) is 4.74 Å². The Morgan fingerprint density at radius 1 is 1.26 bits per heavy atom. The summed E-state index contributed by atoms with van der Waals surface area (Å²) in [5.74, 6) is -7.78. The molecule has 0 fully saturated rings. The molecule has 0 saturated heterocycles. The van der Waals surface area contributed by atoms with Crippen LogP contribution in [-0.2, 0) is 25.0 Å². The molecule has 6 nitrogen and oxygen atoms in total. The van der Waals surface area contributed by atoms with Gasteiger partial charge in [0.2, 0.25) is 0 Å². The summed E-state index contributed by atoms with van der Waals surface area (Å²) >= 11 is 0. The van der Waals surface area contributed by atoms with Crippen LogP contribution in [0.4, 0.5) is 8.78 Å². The quantitative estimate of drug-likeness (QED) is 0.708. The summed E-state index contributed by atoms with van der Waals surface area (Å²) in [4.78, 5) is 34.0. The number of amides is 1. The van der Waals surface area contributed by atoms with Crippen LogP contribution in [0.3, 0.4) is 0 Å². The molecule has 0 heterocycles. The van der Waals surface area contributed by atoms with Crippen LogP contribution >= 0.6 is 0 Å². The average molecular weight is 329 g/mol. The van der Waals surface area contributed by atoms with Gasteiger partial charge < -0.3 is 15.2 Å². The topological polar surface area (TPSA) is 92.7 Å². The number of aliphatic carboxylic acids is 1. The van der Waals surface area contributed by atoms with Crippen molar-refractivity contribution < 1.29 is 33.0 Å². The Hall–Kier alpha value is -2.51. The van der Waals surface area contributed by atoms with Crippen molar-refractivity contribution in [2.24, 2.45) is 0 Å². The van der Waals surface area contributed by atoms with Gasteiger partial charge in [0.25, 0.3) is 5.91 Å². The minimum atomic E-state index is -3.88. The molecule has 0 aliphatic carbocycles. The van der Waals surface area contributed by atoms with Crippen molar-refractivity contribution in [3.8, 4) is 0 Å². The number of alkyl halides is 2. The van der Waals surface area contributed by atoms with Crippen molar-refractivity contribution in [3.63, 3.8) is 0 Å². The first-order chi connectivity index (χ1) is 10.8. The molecule has 1 aromatic carbocycles. The molecule has 0 saturated carbocycles. The molecule has 126 valence electrons. The number of carbonyl (C=O) groups excluding carboxylic acids is 2. The predicted octanol–water partition coefficient (Wildman–Crippen LogP) is 1.69. The van der Waals surface area contributed by atoms with Crippen LogP contribution in [0.5, 0.6) is 0 Å². The summed E-state index contributed by atoms with van der Waals surface area (Å²) in [5, 5.41) is 10.7. The maximum absolute atomic E-state index is 14.0. The molecule has 1 rings (SSSR count). The van der Waals surface area contributed by atoms with Gasteiger partial charge in [-0.05, 0) is 13.3 Å². The number of hydrogen-bond acceptors (Lipinski definition) is 4. The molecule has 23 heavy (non-hydrogen) atoms. The number of esters is 1. The zero-order valence-electron chi connectivity index (χ0n) is 12.4. The van der Waals surface area contributed by atoms with Crippen LogP contribution in [-0.4, -0.2) is 35.6 Å². The van der Waals surface area contributed by atoms with E-state index in [0.29, 0.717) is 0 Å². The minimum Gasteiger partial charge on any atom is -0.480 e. The van der Waals surface area contributed by atoms with Crippen LogP contribution in [0.2, 0.25) is 0 Å². The molecule has 0 aliphatic heterocycles. The molecule has 0 aliphatic rings. The highest BCUT2D eigenvalue weighted by atomic mass is 19.3. The maximum atomic E-state index is 14.0. The summed E-state index contributed by atoms with van der Waals surface area (Å²) in [6.45, 7) is 1.70. The van der Waals surface area contributed by atoms with Crippen LogP contribution in [0, 0.1) is 0 Å². The molecule has 1 aromatic rings. The number of hydrogen-bond donors (Lipinski definition) is 2. The first-order valence-electron chi connectivity index (χ1n) is 6.91. The van der Waals surface area contributed by atoms with Crippen LogP contribution < -0.4 is 5.32 Å². The van der Waals surface area contributed by atoms with E-state index in [1.807, 2.05) is 0 Å². The first kappa shape index (κ1) is 18.5. The largest absolute Gasteiger partial charge is 0.480 e. The molecule has 8 heteroatoms. The first-order valence-corrected chi connectivity index (χ1v) is 6.91. The normalized spacial score (nSPS) is 12.3. The third-order valence-corrected chi connectivity index (χ3v) is 2.97. The summed E-state index contributed by atoms with van der Waals surface area (Å²) < 4.78 is 32.6. The fraction of sp³-hybridized carbons (Fsp3) is 0.400. The highest BCUT2D eigenvalue weighted by molar-refractivity contribution is 5.89. The van der Waals surface area contributed by atoms with Crippen molar-refractivity contribution in [2.75, 3.05) is 6.61 Å². The number of rotatable bonds is 8. The second kappa shape index (κ2) is 8.21. The van der Waals surface area contributed by atoms with Gasteiger partial charge in [-0.15, -0.1) is 0 Å². The van der Waals surface area contributed by atoms with E-state index in [1.54, 1.807) is 12.2 Å². The Morgan fingerprint density at radius 3 is 2.39 bits per heavy atom. The molecule has 1 atom stereocenters. The Bertz CT molecular complexity index is 562. The van der Waals surface area contributed by atoms with Crippen LogP contribution in [0.15, 0.2) is 30.3 Å². The molecule has 2 N–H and O–H groups in total. The van der Waals surface area contributed by atoms with E-state index in [9.17, 15) is 23.2 Å². The van der Waals surface area contributed by atoms with Gasteiger partial charge in [0.05, 0.1) is 6.61 Å². The fourth-order valence-corrected chi connectivity index (χ4v) is 1.78. The van der Waals surface area contributed by atoms with E-state index < -0.39 is 35.4 Å². The molecule has 1 amide bonds. The average Bonchev–Trinajstić information content (AvgIpc) is 2.51. The second-order valence-corrected chi connectivity index (χ2v) is 4.65. The van der Waals surface area contributed by atoms with Crippen molar-refractivity contribution in [1.82, 2.24) is 5.32 Å². The lowest BCUT2D eigenvalue weighted by Gasteiger charge is -2.20. The van der Waals surface area contributed by atoms with Gasteiger partial charge in [-0.25, -0.2) is 4.79 Å². The lowest BCUT2D eigenvalue weighted by atomic mass is 10.1. The monoisotopic (exact) mass is 329 g/mol. The minimum absolute atomic E-state index is 0.120. The number of carboxylic acids is 1. The van der Waals surface area contributed by atoms with Gasteiger partial charge >= 0.3 is 17.9 Å². The van der Waals surface area contributed by atoms with Crippen LogP contribution in [0.1, 0.15) is 25.3 Å². The lowest BCUT2D eigenvalue weighted by molar-refractivity contribution is -0.153. The summed E-state index contributed by atoms with van der Waals surface area (Å²) in [6, 6.07) is 4.71. The Morgan fingerprint density at radius 2 is 1.87 bits per heavy atom. The lowest BCUT2D eigenvalue weighted by Crippen LogP contribution is -2.47. The highest BCUT2D eigenvalue weighted by Gasteiger charge is 2.42. The Balaban J connectivity index is 2.74. The van der Waals surface area contributed by atoms with Crippen molar-refractivity contribution in [2.45, 2.75) is 31.7 Å². The van der Waals surface area contributed by atoms with E-state index in [-0.39, 0.29) is 19.4 Å². The van der Waals surface area contributed by atoms with E-state index >= 15 is 0 Å². The summed E-state index contributed by atoms with van der Waals surface area (Å²) in [5.41, 5.74) is -0.549. The SMILES string of the molecule is CCOC(=O)CC[C@H](NC(=O)C(F)(F)c1ccccc1)C(=O)O. The number of benzene rings is 1. The second-order valence-electron chi connectivity index (χ2n) is 4.65. The Labute approximate surface area is 131 Å². The van der Waals surface area contributed by atoms with Gasteiger partial charge in [-0.3, -0.25) is 9.59 Å². The molecule has 0 aromatic heterocycles. The number of halogens is 2. The smallest absolute Gasteiger partial charge is 0.349 e. The van der Waals surface area contributed by atoms with Crippen molar-refractivity contribution in [3.05, 3.63) is 35.9 Å². The maximum Gasteiger partial charge on any atom is 0.349 e. The Kier molecular flexibility index (Phi) is 6.62. The molecule has 0 radical (unpaired) electrons. The fourth-order valence-electron chi connectivity index (χ4n) is 1.78. The standard InChI is InChI=1S/C15H17F2NO5/c1-2-23-12(19)9-8-11(13(20)21)18-14(22)15(16,17)10-6-4-3-5-7-10/h3-7,11H,2,8-9H2,1H3,(H,18,22)(H,20,21)/t11-/m0/s1. The third kappa shape index (κ3) is 5.32. The van der Waals surface area contributed by atoms with Gasteiger partial charge in [0.15, 0.2) is 0 Å². The molecular formula is C15H17F2NO5. The number of ether oxygens (including phenoxy) is 1. The van der Waals surface area contributed by atoms with Gasteiger partial charge in [0.1, 0.15) is 6.04 Å². The van der Waals surface area contributed by atoms with Crippen molar-refractivity contribution >= 4 is 17.8 Å². The zero-order valence-corrected chi connectivity index (χ0v) is 12.4. The van der Waals surface area contributed by atoms with Gasteiger partial charge in [-0.1, -0.05) is 30.3 Å². The molecular weight excluding hydrogens is 312 g/mol. The van der Waals surface area contributed by atoms with E-state index in [0.717, 1.165) is 12.1 Å². The zero-order chi connectivity index (χ0) is 17.5. The van der Waals surface area contributed by atoms with Gasteiger partial charge in [-0.2, -0.15) is 8.78 Å². The highest BCUT2D eigenvalue weighted by Crippen LogP contribution is 2.28. The molecule has 0 unspecified atom stereocenters. The van der Waals surface area contributed by atoms with Gasteiger partial charge in [0, 0.05) is 12.0 Å². The third-order valence-electron chi connectivity index (χ3n) is 2.97. The van der Waals surface area contributed by atoms with E-state index in [4.69, 9.17) is 5.11 Å². The summed E-state index contributed by atoms with van der Waals surface area (Å²) in [7, 11) is 0. The van der Waals surface area contributed by atoms with E-state index in [1.165, 1.54) is 18.2 Å². The van der Waals surface area contributed by atoms with Crippen LogP contribution in [0.25, 0.3) is 0 Å². The van der Waals surface area contributed by atoms with Crippen molar-refractivity contribution in [1.29, 1.82) is 0 Å². The molecule has 0 bridgehead atoms. The molecule has 0 spiro atoms. The summed E-state index contributed by atoms with van der Waals surface area (Å²) in [6.07, 6.45) is -0.646. The number of nitrogens with one attached hydrogen (secondary N) is 1. The predicted molar refractivity (Wildman–Crippen MR) is 75.8 cm³/mol. The number of carbonyl (C=O) groups is 3.